The average Bonchev–Trinajstić information content (AvgIpc) is 2.59. The molecule has 0 aromatic heterocycles. The summed E-state index contributed by atoms with van der Waals surface area (Å²) in [7, 11) is 1.59. The van der Waals surface area contributed by atoms with E-state index in [1.54, 1.807) is 13.2 Å². The molecule has 0 aliphatic heterocycles. The van der Waals surface area contributed by atoms with Gasteiger partial charge in [-0.05, 0) is 23.1 Å². The Morgan fingerprint density at radius 2 is 1.83 bits per heavy atom. The van der Waals surface area contributed by atoms with E-state index in [0.29, 0.717) is 16.7 Å². The lowest BCUT2D eigenvalue weighted by atomic mass is 9.81. The Balaban J connectivity index is 2.21. The van der Waals surface area contributed by atoms with Gasteiger partial charge in [-0.1, -0.05) is 36.4 Å². The third-order valence-electron chi connectivity index (χ3n) is 4.56. The number of Topliss-reactive ketones (excluding diaryl/α,β-unsaturated/α-hetero) is 1. The third kappa shape index (κ3) is 2.00. The van der Waals surface area contributed by atoms with Crippen LogP contribution in [0, 0.1) is 0 Å². The maximum Gasteiger partial charge on any atom is 0.170 e. The van der Waals surface area contributed by atoms with Gasteiger partial charge in [0, 0.05) is 22.9 Å². The number of phenols is 1. The van der Waals surface area contributed by atoms with Crippen LogP contribution in [0.2, 0.25) is 0 Å². The van der Waals surface area contributed by atoms with Crippen molar-refractivity contribution < 1.29 is 19.7 Å². The van der Waals surface area contributed by atoms with Crippen molar-refractivity contribution in [2.24, 2.45) is 0 Å². The standard InChI is InChI=1S/C20H16O4/c1-24-16-9-12-7-8-13(21)19-14(22)10-15(23)20(18(12)19)17(16)11-5-3-2-4-6-11/h2-9,15,21,23H,10H2,1H3/t15-/m0/s1. The minimum atomic E-state index is -0.931. The molecule has 1 aliphatic carbocycles. The quantitative estimate of drug-likeness (QED) is 0.753. The van der Waals surface area contributed by atoms with Crippen molar-refractivity contribution in [3.8, 4) is 22.6 Å². The SMILES string of the molecule is COc1cc2ccc(O)c3c2c(c1-c1ccccc1)[C@@H](O)CC3=O. The molecule has 2 N–H and O–H groups in total. The van der Waals surface area contributed by atoms with Crippen LogP contribution in [0.15, 0.2) is 48.5 Å². The van der Waals surface area contributed by atoms with Gasteiger partial charge in [0.25, 0.3) is 0 Å². The highest BCUT2D eigenvalue weighted by Crippen LogP contribution is 2.47. The Morgan fingerprint density at radius 3 is 2.54 bits per heavy atom. The summed E-state index contributed by atoms with van der Waals surface area (Å²) in [5, 5.41) is 22.2. The highest BCUT2D eigenvalue weighted by Gasteiger charge is 2.32. The van der Waals surface area contributed by atoms with E-state index < -0.39 is 6.10 Å². The Labute approximate surface area is 138 Å². The molecule has 4 nitrogen and oxygen atoms in total. The number of carbonyl (C=O) groups excluding carboxylic acids is 1. The first-order valence-electron chi connectivity index (χ1n) is 7.75. The summed E-state index contributed by atoms with van der Waals surface area (Å²) >= 11 is 0. The van der Waals surface area contributed by atoms with Crippen LogP contribution in [-0.4, -0.2) is 23.1 Å². The molecule has 3 aromatic rings. The Hall–Kier alpha value is -2.85. The number of ether oxygens (including phenoxy) is 1. The molecule has 4 rings (SSSR count). The zero-order valence-corrected chi connectivity index (χ0v) is 13.1. The van der Waals surface area contributed by atoms with E-state index >= 15 is 0 Å². The largest absolute Gasteiger partial charge is 0.507 e. The fraction of sp³-hybridized carbons (Fsp3) is 0.150. The number of aromatic hydroxyl groups is 1. The van der Waals surface area contributed by atoms with Gasteiger partial charge >= 0.3 is 0 Å². The van der Waals surface area contributed by atoms with E-state index in [4.69, 9.17) is 4.74 Å². The van der Waals surface area contributed by atoms with E-state index in [2.05, 4.69) is 0 Å². The summed E-state index contributed by atoms with van der Waals surface area (Å²) in [4.78, 5) is 12.4. The second-order valence-corrected chi connectivity index (χ2v) is 5.93. The Kier molecular flexibility index (Phi) is 3.28. The molecule has 0 saturated heterocycles. The molecule has 1 atom stereocenters. The number of carbonyl (C=O) groups is 1. The van der Waals surface area contributed by atoms with Crippen LogP contribution in [0.25, 0.3) is 21.9 Å². The third-order valence-corrected chi connectivity index (χ3v) is 4.56. The monoisotopic (exact) mass is 320 g/mol. The van der Waals surface area contributed by atoms with Gasteiger partial charge in [-0.25, -0.2) is 0 Å². The van der Waals surface area contributed by atoms with E-state index in [9.17, 15) is 15.0 Å². The molecule has 0 amide bonds. The highest BCUT2D eigenvalue weighted by atomic mass is 16.5. The number of aliphatic hydroxyl groups excluding tert-OH is 1. The van der Waals surface area contributed by atoms with Gasteiger partial charge < -0.3 is 14.9 Å². The normalized spacial score (nSPS) is 16.4. The van der Waals surface area contributed by atoms with E-state index in [1.807, 2.05) is 36.4 Å². The van der Waals surface area contributed by atoms with Crippen molar-refractivity contribution in [1.82, 2.24) is 0 Å². The molecule has 0 fully saturated rings. The maximum atomic E-state index is 12.4. The number of hydrogen-bond acceptors (Lipinski definition) is 4. The van der Waals surface area contributed by atoms with Crippen molar-refractivity contribution in [2.45, 2.75) is 12.5 Å². The number of methoxy groups -OCH3 is 1. The van der Waals surface area contributed by atoms with E-state index in [-0.39, 0.29) is 23.5 Å². The van der Waals surface area contributed by atoms with Crippen LogP contribution in [0.5, 0.6) is 11.5 Å². The molecule has 0 radical (unpaired) electrons. The summed E-state index contributed by atoms with van der Waals surface area (Å²) in [6.45, 7) is 0. The molecular weight excluding hydrogens is 304 g/mol. The average molecular weight is 320 g/mol. The van der Waals surface area contributed by atoms with Crippen LogP contribution < -0.4 is 4.74 Å². The van der Waals surface area contributed by atoms with Crippen LogP contribution in [-0.2, 0) is 0 Å². The predicted octanol–water partition coefficient (Wildman–Crippen LogP) is 3.84. The van der Waals surface area contributed by atoms with E-state index in [0.717, 1.165) is 16.5 Å². The number of phenolic OH excluding ortho intramolecular Hbond substituents is 1. The number of aliphatic hydroxyl groups is 1. The second-order valence-electron chi connectivity index (χ2n) is 5.93. The highest BCUT2D eigenvalue weighted by molar-refractivity contribution is 6.15. The number of rotatable bonds is 2. The zero-order valence-electron chi connectivity index (χ0n) is 13.1. The Morgan fingerprint density at radius 1 is 1.08 bits per heavy atom. The summed E-state index contributed by atoms with van der Waals surface area (Å²) in [5.74, 6) is 0.334. The van der Waals surface area contributed by atoms with Gasteiger partial charge in [0.2, 0.25) is 0 Å². The zero-order chi connectivity index (χ0) is 16.8. The van der Waals surface area contributed by atoms with Crippen molar-refractivity contribution in [2.75, 3.05) is 7.11 Å². The van der Waals surface area contributed by atoms with Crippen LogP contribution in [0.3, 0.4) is 0 Å². The van der Waals surface area contributed by atoms with Crippen molar-refractivity contribution in [1.29, 1.82) is 0 Å². The molecule has 0 spiro atoms. The molecule has 1 aliphatic rings. The minimum absolute atomic E-state index is 0.0489. The van der Waals surface area contributed by atoms with Crippen LogP contribution in [0.4, 0.5) is 0 Å². The number of ketones is 1. The van der Waals surface area contributed by atoms with E-state index in [1.165, 1.54) is 6.07 Å². The van der Waals surface area contributed by atoms with Gasteiger partial charge in [-0.3, -0.25) is 4.79 Å². The van der Waals surface area contributed by atoms with Crippen LogP contribution in [0.1, 0.15) is 28.4 Å². The lowest BCUT2D eigenvalue weighted by Gasteiger charge is -2.26. The summed E-state index contributed by atoms with van der Waals surface area (Å²) in [6.07, 6.45) is -0.980. The summed E-state index contributed by atoms with van der Waals surface area (Å²) < 4.78 is 5.56. The van der Waals surface area contributed by atoms with Crippen molar-refractivity contribution in [3.63, 3.8) is 0 Å². The van der Waals surface area contributed by atoms with Gasteiger partial charge in [0.05, 0.1) is 18.8 Å². The molecule has 24 heavy (non-hydrogen) atoms. The molecule has 0 bridgehead atoms. The van der Waals surface area contributed by atoms with Crippen molar-refractivity contribution in [3.05, 3.63) is 59.7 Å². The van der Waals surface area contributed by atoms with Gasteiger partial charge in [0.15, 0.2) is 5.78 Å². The molecule has 0 saturated carbocycles. The maximum absolute atomic E-state index is 12.4. The molecule has 120 valence electrons. The lowest BCUT2D eigenvalue weighted by molar-refractivity contribution is 0.0870. The summed E-state index contributed by atoms with van der Waals surface area (Å²) in [6, 6.07) is 14.7. The molecule has 0 unspecified atom stereocenters. The Bertz CT molecular complexity index is 961. The molecular formula is C20H16O4. The molecule has 3 aromatic carbocycles. The summed E-state index contributed by atoms with van der Waals surface area (Å²) in [5.41, 5.74) is 2.58. The predicted molar refractivity (Wildman–Crippen MR) is 91.5 cm³/mol. The topological polar surface area (TPSA) is 66.8 Å². The van der Waals surface area contributed by atoms with Gasteiger partial charge in [-0.2, -0.15) is 0 Å². The van der Waals surface area contributed by atoms with Gasteiger partial charge in [-0.15, -0.1) is 0 Å². The van der Waals surface area contributed by atoms with Gasteiger partial charge in [0.1, 0.15) is 11.5 Å². The lowest BCUT2D eigenvalue weighted by Crippen LogP contribution is -2.16. The minimum Gasteiger partial charge on any atom is -0.507 e. The number of benzene rings is 3. The first-order chi connectivity index (χ1) is 11.6. The fourth-order valence-corrected chi connectivity index (χ4v) is 3.55. The fourth-order valence-electron chi connectivity index (χ4n) is 3.55. The van der Waals surface area contributed by atoms with Crippen LogP contribution >= 0.6 is 0 Å². The second kappa shape index (κ2) is 5.35. The molecule has 0 heterocycles. The first-order valence-corrected chi connectivity index (χ1v) is 7.75. The molecule has 4 heteroatoms. The number of hydrogen-bond donors (Lipinski definition) is 2. The smallest absolute Gasteiger partial charge is 0.170 e. The van der Waals surface area contributed by atoms with Crippen molar-refractivity contribution >= 4 is 16.6 Å². The first kappa shape index (κ1) is 14.7.